The normalized spacial score (nSPS) is 17.2. The quantitative estimate of drug-likeness (QED) is 0.184. The predicted octanol–water partition coefficient (Wildman–Crippen LogP) is 1.52. The van der Waals surface area contributed by atoms with E-state index in [4.69, 9.17) is 4.74 Å². The summed E-state index contributed by atoms with van der Waals surface area (Å²) in [6.45, 7) is 9.14. The lowest BCUT2D eigenvalue weighted by Crippen LogP contribution is -2.54. The van der Waals surface area contributed by atoms with Gasteiger partial charge in [0.25, 0.3) is 0 Å². The van der Waals surface area contributed by atoms with Crippen LogP contribution in [0.1, 0.15) is 27.2 Å². The number of nitrogens with one attached hydrogen (secondary N) is 1. The zero-order chi connectivity index (χ0) is 18.0. The summed E-state index contributed by atoms with van der Waals surface area (Å²) in [6, 6.07) is 0. The van der Waals surface area contributed by atoms with Crippen LogP contribution < -0.4 is 5.32 Å². The first kappa shape index (κ1) is 24.6. The lowest BCUT2D eigenvalue weighted by atomic mass is 10.3. The van der Waals surface area contributed by atoms with Crippen molar-refractivity contribution in [2.45, 2.75) is 33.3 Å². The van der Waals surface area contributed by atoms with Gasteiger partial charge in [0, 0.05) is 39.8 Å². The van der Waals surface area contributed by atoms with Crippen LogP contribution in [0.15, 0.2) is 17.1 Å². The number of allylic oxidation sites excluding steroid dienone is 1. The summed E-state index contributed by atoms with van der Waals surface area (Å²) in [5, 5.41) is 3.31. The highest BCUT2D eigenvalue weighted by Crippen LogP contribution is 2.09. The zero-order valence-corrected chi connectivity index (χ0v) is 18.9. The van der Waals surface area contributed by atoms with E-state index in [2.05, 4.69) is 21.3 Å². The molecule has 0 atom stereocenters. The van der Waals surface area contributed by atoms with Gasteiger partial charge in [-0.25, -0.2) is 8.42 Å². The van der Waals surface area contributed by atoms with Crippen molar-refractivity contribution in [1.29, 1.82) is 0 Å². The van der Waals surface area contributed by atoms with Crippen LogP contribution in [-0.2, 0) is 14.8 Å². The van der Waals surface area contributed by atoms with Crippen molar-refractivity contribution in [3.63, 3.8) is 0 Å². The average molecular weight is 488 g/mol. The molecule has 148 valence electrons. The lowest BCUT2D eigenvalue weighted by molar-refractivity contribution is 0.0904. The SMILES string of the molecule is C/C=C/CCNC(=NC)N1CCN(S(=O)(=O)CCOC(C)C)CC1.I. The van der Waals surface area contributed by atoms with Crippen LogP contribution in [0.3, 0.4) is 0 Å². The van der Waals surface area contributed by atoms with Gasteiger partial charge in [0.2, 0.25) is 10.0 Å². The minimum atomic E-state index is -3.25. The number of sulfonamides is 1. The molecule has 1 N–H and O–H groups in total. The van der Waals surface area contributed by atoms with E-state index in [-0.39, 0.29) is 42.4 Å². The number of nitrogens with zero attached hydrogens (tertiary/aromatic N) is 3. The number of rotatable bonds is 8. The largest absolute Gasteiger partial charge is 0.378 e. The van der Waals surface area contributed by atoms with Gasteiger partial charge < -0.3 is 15.0 Å². The predicted molar refractivity (Wildman–Crippen MR) is 114 cm³/mol. The Morgan fingerprint density at radius 3 is 2.44 bits per heavy atom. The van der Waals surface area contributed by atoms with E-state index in [0.717, 1.165) is 18.9 Å². The third-order valence-corrected chi connectivity index (χ3v) is 5.60. The molecule has 0 amide bonds. The summed E-state index contributed by atoms with van der Waals surface area (Å²) in [6.07, 6.45) is 5.12. The summed E-state index contributed by atoms with van der Waals surface area (Å²) in [7, 11) is -1.49. The molecule has 9 heteroatoms. The Hall–Kier alpha value is -0.390. The molecule has 1 heterocycles. The van der Waals surface area contributed by atoms with Crippen LogP contribution in [0.2, 0.25) is 0 Å². The van der Waals surface area contributed by atoms with Crippen molar-refractivity contribution >= 4 is 40.0 Å². The van der Waals surface area contributed by atoms with Gasteiger partial charge >= 0.3 is 0 Å². The van der Waals surface area contributed by atoms with Gasteiger partial charge in [-0.1, -0.05) is 12.2 Å². The van der Waals surface area contributed by atoms with Gasteiger partial charge in [-0.15, -0.1) is 24.0 Å². The first-order valence-corrected chi connectivity index (χ1v) is 10.2. The molecule has 1 rings (SSSR count). The maximum Gasteiger partial charge on any atom is 0.216 e. The number of hydrogen-bond donors (Lipinski definition) is 1. The second-order valence-electron chi connectivity index (χ2n) is 5.95. The number of piperazine rings is 1. The van der Waals surface area contributed by atoms with Crippen molar-refractivity contribution in [3.8, 4) is 0 Å². The number of hydrogen-bond acceptors (Lipinski definition) is 4. The number of guanidine groups is 1. The molecule has 1 aliphatic heterocycles. The van der Waals surface area contributed by atoms with Crippen LogP contribution in [0, 0.1) is 0 Å². The molecule has 1 aliphatic rings. The third-order valence-electron chi connectivity index (χ3n) is 3.77. The Morgan fingerprint density at radius 1 is 1.28 bits per heavy atom. The van der Waals surface area contributed by atoms with Gasteiger partial charge in [-0.3, -0.25) is 4.99 Å². The molecule has 0 bridgehead atoms. The topological polar surface area (TPSA) is 74.2 Å². The maximum atomic E-state index is 12.3. The lowest BCUT2D eigenvalue weighted by Gasteiger charge is -2.35. The Morgan fingerprint density at radius 2 is 1.92 bits per heavy atom. The summed E-state index contributed by atoms with van der Waals surface area (Å²) in [4.78, 5) is 6.39. The molecule has 0 aromatic rings. The van der Waals surface area contributed by atoms with Crippen LogP contribution in [0.5, 0.6) is 0 Å². The van der Waals surface area contributed by atoms with E-state index in [1.165, 1.54) is 0 Å². The monoisotopic (exact) mass is 488 g/mol. The van der Waals surface area contributed by atoms with Gasteiger partial charge in [0.1, 0.15) is 0 Å². The number of halogens is 1. The van der Waals surface area contributed by atoms with Crippen LogP contribution in [0.4, 0.5) is 0 Å². The first-order valence-electron chi connectivity index (χ1n) is 8.57. The second kappa shape index (κ2) is 12.9. The van der Waals surface area contributed by atoms with Crippen LogP contribution in [0.25, 0.3) is 0 Å². The van der Waals surface area contributed by atoms with Gasteiger partial charge in [0.15, 0.2) is 5.96 Å². The number of ether oxygens (including phenoxy) is 1. The second-order valence-corrected chi connectivity index (χ2v) is 8.04. The van der Waals surface area contributed by atoms with Crippen molar-refractivity contribution < 1.29 is 13.2 Å². The molecule has 0 aromatic heterocycles. The Labute approximate surface area is 170 Å². The Bertz CT molecular complexity index is 515. The minimum absolute atomic E-state index is 0. The van der Waals surface area contributed by atoms with E-state index in [1.807, 2.05) is 26.8 Å². The van der Waals surface area contributed by atoms with Gasteiger partial charge in [-0.05, 0) is 27.2 Å². The van der Waals surface area contributed by atoms with Crippen molar-refractivity contribution in [2.75, 3.05) is 52.1 Å². The highest BCUT2D eigenvalue weighted by molar-refractivity contribution is 14.0. The molecule has 0 aliphatic carbocycles. The molecule has 25 heavy (non-hydrogen) atoms. The maximum absolute atomic E-state index is 12.3. The molecule has 0 aromatic carbocycles. The van der Waals surface area contributed by atoms with Crippen LogP contribution >= 0.6 is 24.0 Å². The fourth-order valence-corrected chi connectivity index (χ4v) is 3.75. The Kier molecular flexibility index (Phi) is 12.7. The minimum Gasteiger partial charge on any atom is -0.378 e. The van der Waals surface area contributed by atoms with E-state index >= 15 is 0 Å². The molecule has 7 nitrogen and oxygen atoms in total. The summed E-state index contributed by atoms with van der Waals surface area (Å²) in [5.74, 6) is 0.876. The fraction of sp³-hybridized carbons (Fsp3) is 0.812. The highest BCUT2D eigenvalue weighted by atomic mass is 127. The van der Waals surface area contributed by atoms with E-state index in [9.17, 15) is 8.42 Å². The first-order chi connectivity index (χ1) is 11.4. The zero-order valence-electron chi connectivity index (χ0n) is 15.8. The Balaban J connectivity index is 0.00000576. The summed E-state index contributed by atoms with van der Waals surface area (Å²) < 4.78 is 31.6. The number of aliphatic imine (C=N–C) groups is 1. The van der Waals surface area contributed by atoms with E-state index in [1.54, 1.807) is 11.4 Å². The molecule has 0 unspecified atom stereocenters. The summed E-state index contributed by atoms with van der Waals surface area (Å²) in [5.41, 5.74) is 0. The van der Waals surface area contributed by atoms with Crippen molar-refractivity contribution in [2.24, 2.45) is 4.99 Å². The molecule has 1 saturated heterocycles. The molecular formula is C16H33IN4O3S. The third kappa shape index (κ3) is 9.20. The van der Waals surface area contributed by atoms with Crippen LogP contribution in [-0.4, -0.2) is 81.8 Å². The molecule has 0 radical (unpaired) electrons. The smallest absolute Gasteiger partial charge is 0.216 e. The van der Waals surface area contributed by atoms with E-state index < -0.39 is 10.0 Å². The molecule has 0 spiro atoms. The molecular weight excluding hydrogens is 455 g/mol. The summed E-state index contributed by atoms with van der Waals surface area (Å²) >= 11 is 0. The van der Waals surface area contributed by atoms with E-state index in [0.29, 0.717) is 26.2 Å². The highest BCUT2D eigenvalue weighted by Gasteiger charge is 2.27. The standard InChI is InChI=1S/C16H32N4O3S.HI/c1-5-6-7-8-18-16(17-4)19-9-11-20(12-10-19)24(21,22)14-13-23-15(2)3;/h5-6,15H,7-14H2,1-4H3,(H,17,18);1H/b6-5+;. The van der Waals surface area contributed by atoms with Gasteiger partial charge in [0.05, 0.1) is 18.5 Å². The fourth-order valence-electron chi connectivity index (χ4n) is 2.46. The molecule has 1 fully saturated rings. The average Bonchev–Trinajstić information content (AvgIpc) is 2.55. The molecule has 0 saturated carbocycles. The van der Waals surface area contributed by atoms with Gasteiger partial charge in [-0.2, -0.15) is 4.31 Å². The van der Waals surface area contributed by atoms with Crippen molar-refractivity contribution in [1.82, 2.24) is 14.5 Å². The van der Waals surface area contributed by atoms with Crippen molar-refractivity contribution in [3.05, 3.63) is 12.2 Å².